The van der Waals surface area contributed by atoms with E-state index in [1.807, 2.05) is 31.2 Å². The fourth-order valence-electron chi connectivity index (χ4n) is 4.20. The largest absolute Gasteiger partial charge is 0.497 e. The second-order valence-electron chi connectivity index (χ2n) is 8.41. The number of ether oxygens (including phenoxy) is 2. The monoisotopic (exact) mass is 493 g/mol. The first-order chi connectivity index (χ1) is 16.8. The molecule has 7 nitrogen and oxygen atoms in total. The minimum absolute atomic E-state index is 0.176. The van der Waals surface area contributed by atoms with Gasteiger partial charge >= 0.3 is 5.97 Å². The zero-order chi connectivity index (χ0) is 25.0. The quantitative estimate of drug-likeness (QED) is 0.347. The van der Waals surface area contributed by atoms with Crippen molar-refractivity contribution in [3.05, 3.63) is 95.1 Å². The zero-order valence-corrected chi connectivity index (χ0v) is 20.5. The first kappa shape index (κ1) is 24.6. The molecule has 0 spiro atoms. The minimum Gasteiger partial charge on any atom is -0.497 e. The highest BCUT2D eigenvalue weighted by Crippen LogP contribution is 2.36. The molecule has 3 aromatic rings. The van der Waals surface area contributed by atoms with Crippen molar-refractivity contribution in [3.8, 4) is 5.75 Å². The van der Waals surface area contributed by atoms with E-state index in [0.717, 1.165) is 16.7 Å². The van der Waals surface area contributed by atoms with Crippen LogP contribution in [0.25, 0.3) is 0 Å². The number of sulfonamides is 1. The number of carbonyl (C=O) groups excluding carboxylic acids is 2. The van der Waals surface area contributed by atoms with E-state index in [2.05, 4.69) is 0 Å². The van der Waals surface area contributed by atoms with Crippen LogP contribution in [0.2, 0.25) is 0 Å². The molecule has 0 amide bonds. The van der Waals surface area contributed by atoms with Crippen LogP contribution in [0.3, 0.4) is 0 Å². The summed E-state index contributed by atoms with van der Waals surface area (Å²) in [5.74, 6) is -0.378. The van der Waals surface area contributed by atoms with Crippen LogP contribution in [0.15, 0.2) is 77.7 Å². The number of nitrogens with zero attached hydrogens (tertiary/aromatic N) is 1. The van der Waals surface area contributed by atoms with Crippen molar-refractivity contribution in [1.82, 2.24) is 4.31 Å². The molecule has 1 aliphatic rings. The van der Waals surface area contributed by atoms with E-state index in [1.165, 1.54) is 11.4 Å². The molecule has 1 unspecified atom stereocenters. The van der Waals surface area contributed by atoms with Gasteiger partial charge in [-0.3, -0.25) is 9.59 Å². The number of Topliss-reactive ketones (excluding diaryl/α,β-unsaturated/α-hetero) is 1. The smallest absolute Gasteiger partial charge is 0.308 e. The average molecular weight is 494 g/mol. The van der Waals surface area contributed by atoms with Gasteiger partial charge in [0.15, 0.2) is 12.4 Å². The number of fused-ring (bicyclic) bond motifs is 1. The molecular weight excluding hydrogens is 466 g/mol. The molecule has 1 atom stereocenters. The average Bonchev–Trinajstić information content (AvgIpc) is 2.87. The molecule has 3 aromatic carbocycles. The number of rotatable bonds is 8. The maximum absolute atomic E-state index is 13.5. The molecule has 0 radical (unpaired) electrons. The van der Waals surface area contributed by atoms with Crippen LogP contribution >= 0.6 is 0 Å². The van der Waals surface area contributed by atoms with Crippen LogP contribution in [0.4, 0.5) is 0 Å². The molecule has 0 aliphatic carbocycles. The van der Waals surface area contributed by atoms with Crippen LogP contribution < -0.4 is 4.74 Å². The van der Waals surface area contributed by atoms with Crippen LogP contribution in [0.5, 0.6) is 5.75 Å². The van der Waals surface area contributed by atoms with Gasteiger partial charge in [0, 0.05) is 12.1 Å². The summed E-state index contributed by atoms with van der Waals surface area (Å²) in [5, 5.41) is 0. The van der Waals surface area contributed by atoms with Gasteiger partial charge in [-0.25, -0.2) is 8.42 Å². The Labute approximate surface area is 205 Å². The number of hydrogen-bond donors (Lipinski definition) is 0. The number of hydrogen-bond acceptors (Lipinski definition) is 6. The van der Waals surface area contributed by atoms with Crippen molar-refractivity contribution >= 4 is 21.8 Å². The van der Waals surface area contributed by atoms with Gasteiger partial charge in [-0.2, -0.15) is 4.31 Å². The van der Waals surface area contributed by atoms with Crippen molar-refractivity contribution in [2.75, 3.05) is 20.3 Å². The molecule has 0 N–H and O–H groups in total. The molecule has 0 fully saturated rings. The van der Waals surface area contributed by atoms with Crippen molar-refractivity contribution < 1.29 is 27.5 Å². The summed E-state index contributed by atoms with van der Waals surface area (Å²) < 4.78 is 38.8. The van der Waals surface area contributed by atoms with Gasteiger partial charge in [-0.05, 0) is 60.9 Å². The Balaban J connectivity index is 1.52. The summed E-state index contributed by atoms with van der Waals surface area (Å²) in [6, 6.07) is 19.9. The maximum atomic E-state index is 13.5. The fraction of sp³-hybridized carbons (Fsp3) is 0.259. The van der Waals surface area contributed by atoms with E-state index < -0.39 is 28.6 Å². The Morgan fingerprint density at radius 2 is 1.66 bits per heavy atom. The Kier molecular flexibility index (Phi) is 7.33. The lowest BCUT2D eigenvalue weighted by molar-refractivity contribution is -0.143. The fourth-order valence-corrected chi connectivity index (χ4v) is 5.80. The molecule has 0 bridgehead atoms. The number of carbonyl (C=O) groups is 2. The molecule has 1 aliphatic heterocycles. The highest BCUT2D eigenvalue weighted by atomic mass is 32.2. The summed E-state index contributed by atoms with van der Waals surface area (Å²) in [6.45, 7) is 1.71. The van der Waals surface area contributed by atoms with Crippen molar-refractivity contribution in [2.24, 2.45) is 0 Å². The number of methoxy groups -OCH3 is 1. The summed E-state index contributed by atoms with van der Waals surface area (Å²) in [6.07, 6.45) is 0.348. The summed E-state index contributed by atoms with van der Waals surface area (Å²) in [7, 11) is -2.32. The van der Waals surface area contributed by atoms with Gasteiger partial charge in [0.2, 0.25) is 10.0 Å². The summed E-state index contributed by atoms with van der Waals surface area (Å²) in [4.78, 5) is 25.4. The third kappa shape index (κ3) is 5.44. The van der Waals surface area contributed by atoms with E-state index in [0.29, 0.717) is 17.7 Å². The number of benzene rings is 3. The van der Waals surface area contributed by atoms with Crippen molar-refractivity contribution in [2.45, 2.75) is 30.7 Å². The second kappa shape index (κ2) is 10.4. The van der Waals surface area contributed by atoms with Crippen LogP contribution in [-0.4, -0.2) is 44.7 Å². The van der Waals surface area contributed by atoms with Gasteiger partial charge in [-0.15, -0.1) is 0 Å². The van der Waals surface area contributed by atoms with Gasteiger partial charge in [0.1, 0.15) is 5.75 Å². The molecule has 8 heteroatoms. The Morgan fingerprint density at radius 3 is 2.34 bits per heavy atom. The molecule has 182 valence electrons. The van der Waals surface area contributed by atoms with E-state index in [-0.39, 0.29) is 23.6 Å². The lowest BCUT2D eigenvalue weighted by atomic mass is 9.92. The summed E-state index contributed by atoms with van der Waals surface area (Å²) in [5.41, 5.74) is 3.11. The first-order valence-electron chi connectivity index (χ1n) is 11.3. The Bertz CT molecular complexity index is 1320. The topological polar surface area (TPSA) is 90.0 Å². The number of aryl methyl sites for hydroxylation is 1. The SMILES string of the molecule is COc1ccc(C(=O)COC(=O)CC2c3ccccc3CCN2S(=O)(=O)c2ccc(C)cc2)cc1. The molecule has 0 saturated heterocycles. The van der Waals surface area contributed by atoms with Gasteiger partial charge < -0.3 is 9.47 Å². The van der Waals surface area contributed by atoms with Crippen LogP contribution in [-0.2, 0) is 26.0 Å². The highest BCUT2D eigenvalue weighted by molar-refractivity contribution is 7.89. The predicted octanol–water partition coefficient (Wildman–Crippen LogP) is 4.11. The van der Waals surface area contributed by atoms with Crippen LogP contribution in [0.1, 0.15) is 39.5 Å². The Morgan fingerprint density at radius 1 is 0.971 bits per heavy atom. The second-order valence-corrected chi connectivity index (χ2v) is 10.3. The third-order valence-corrected chi connectivity index (χ3v) is 8.05. The maximum Gasteiger partial charge on any atom is 0.308 e. The van der Waals surface area contributed by atoms with Gasteiger partial charge in [0.05, 0.1) is 24.5 Å². The van der Waals surface area contributed by atoms with Crippen LogP contribution in [0, 0.1) is 6.92 Å². The molecule has 0 aromatic heterocycles. The predicted molar refractivity (Wildman–Crippen MR) is 131 cm³/mol. The molecular formula is C27H27NO6S. The van der Waals surface area contributed by atoms with E-state index in [1.54, 1.807) is 48.5 Å². The Hall–Kier alpha value is -3.49. The number of esters is 1. The van der Waals surface area contributed by atoms with Gasteiger partial charge in [0.25, 0.3) is 0 Å². The highest BCUT2D eigenvalue weighted by Gasteiger charge is 2.37. The van der Waals surface area contributed by atoms with Crippen molar-refractivity contribution in [3.63, 3.8) is 0 Å². The normalized spacial score (nSPS) is 15.8. The van der Waals surface area contributed by atoms with E-state index in [9.17, 15) is 18.0 Å². The lowest BCUT2D eigenvalue weighted by Crippen LogP contribution is -2.41. The molecule has 35 heavy (non-hydrogen) atoms. The van der Waals surface area contributed by atoms with Crippen molar-refractivity contribution in [1.29, 1.82) is 0 Å². The minimum atomic E-state index is -3.85. The van der Waals surface area contributed by atoms with Gasteiger partial charge in [-0.1, -0.05) is 42.0 Å². The lowest BCUT2D eigenvalue weighted by Gasteiger charge is -2.36. The zero-order valence-electron chi connectivity index (χ0n) is 19.6. The van der Waals surface area contributed by atoms with E-state index >= 15 is 0 Å². The summed E-state index contributed by atoms with van der Waals surface area (Å²) >= 11 is 0. The number of ketones is 1. The molecule has 1 heterocycles. The molecule has 4 rings (SSSR count). The third-order valence-electron chi connectivity index (χ3n) is 6.13. The van der Waals surface area contributed by atoms with E-state index in [4.69, 9.17) is 9.47 Å². The standard InChI is InChI=1S/C27H27NO6S/c1-19-7-13-23(14-8-19)35(31,32)28-16-15-20-5-3-4-6-24(20)25(28)17-27(30)34-18-26(29)21-9-11-22(33-2)12-10-21/h3-14,25H,15-18H2,1-2H3. The molecule has 0 saturated carbocycles. The first-order valence-corrected chi connectivity index (χ1v) is 12.7.